The maximum atomic E-state index is 13.5. The first kappa shape index (κ1) is 15.1. The molecule has 21 heavy (non-hydrogen) atoms. The molecule has 0 amide bonds. The summed E-state index contributed by atoms with van der Waals surface area (Å²) in [7, 11) is 0. The molecule has 0 heterocycles. The average molecular weight is 292 g/mol. The van der Waals surface area contributed by atoms with Crippen LogP contribution >= 0.6 is 0 Å². The molecule has 1 atom stereocenters. The van der Waals surface area contributed by atoms with Crippen molar-refractivity contribution in [2.24, 2.45) is 5.73 Å². The number of nitro groups is 1. The SMILES string of the molecule is NC(Cc1ccccc1F)Cc1cc(F)ccc1[N+](=O)[O-]. The second-order valence-electron chi connectivity index (χ2n) is 4.79. The molecule has 6 heteroatoms. The normalized spacial score (nSPS) is 12.1. The van der Waals surface area contributed by atoms with Crippen LogP contribution in [-0.4, -0.2) is 11.0 Å². The number of hydrogen-bond donors (Lipinski definition) is 1. The van der Waals surface area contributed by atoms with Gasteiger partial charge in [0.2, 0.25) is 0 Å². The summed E-state index contributed by atoms with van der Waals surface area (Å²) in [6, 6.07) is 8.89. The summed E-state index contributed by atoms with van der Waals surface area (Å²) < 4.78 is 26.8. The van der Waals surface area contributed by atoms with Crippen LogP contribution < -0.4 is 5.73 Å². The monoisotopic (exact) mass is 292 g/mol. The molecule has 1 unspecified atom stereocenters. The Balaban J connectivity index is 2.16. The minimum Gasteiger partial charge on any atom is -0.327 e. The molecule has 0 bridgehead atoms. The highest BCUT2D eigenvalue weighted by Gasteiger charge is 2.18. The van der Waals surface area contributed by atoms with Gasteiger partial charge in [-0.3, -0.25) is 10.1 Å². The molecule has 0 saturated carbocycles. The first-order valence-electron chi connectivity index (χ1n) is 6.39. The van der Waals surface area contributed by atoms with Crippen molar-refractivity contribution in [2.45, 2.75) is 18.9 Å². The minimum absolute atomic E-state index is 0.0996. The molecule has 2 rings (SSSR count). The minimum atomic E-state index is -0.579. The molecule has 0 aliphatic carbocycles. The zero-order valence-corrected chi connectivity index (χ0v) is 11.1. The van der Waals surface area contributed by atoms with Crippen molar-refractivity contribution in [3.05, 3.63) is 75.3 Å². The fourth-order valence-corrected chi connectivity index (χ4v) is 2.20. The van der Waals surface area contributed by atoms with E-state index in [1.165, 1.54) is 6.07 Å². The van der Waals surface area contributed by atoms with Crippen molar-refractivity contribution >= 4 is 5.69 Å². The fraction of sp³-hybridized carbons (Fsp3) is 0.200. The molecule has 4 nitrogen and oxygen atoms in total. The molecule has 2 aromatic carbocycles. The van der Waals surface area contributed by atoms with Crippen LogP contribution in [0.25, 0.3) is 0 Å². The van der Waals surface area contributed by atoms with E-state index in [9.17, 15) is 18.9 Å². The highest BCUT2D eigenvalue weighted by atomic mass is 19.1. The van der Waals surface area contributed by atoms with Gasteiger partial charge in [-0.15, -0.1) is 0 Å². The van der Waals surface area contributed by atoms with E-state index in [0.29, 0.717) is 5.56 Å². The summed E-state index contributed by atoms with van der Waals surface area (Å²) in [5.41, 5.74) is 6.38. The van der Waals surface area contributed by atoms with E-state index in [1.807, 2.05) is 0 Å². The second kappa shape index (κ2) is 6.41. The fourth-order valence-electron chi connectivity index (χ4n) is 2.20. The van der Waals surface area contributed by atoms with Gasteiger partial charge in [-0.25, -0.2) is 8.78 Å². The first-order valence-corrected chi connectivity index (χ1v) is 6.39. The molecule has 2 aromatic rings. The predicted octanol–water partition coefficient (Wildman–Crippen LogP) is 2.99. The zero-order chi connectivity index (χ0) is 15.4. The van der Waals surface area contributed by atoms with Gasteiger partial charge >= 0.3 is 0 Å². The van der Waals surface area contributed by atoms with E-state index >= 15 is 0 Å². The van der Waals surface area contributed by atoms with Crippen molar-refractivity contribution in [1.29, 1.82) is 0 Å². The lowest BCUT2D eigenvalue weighted by molar-refractivity contribution is -0.385. The van der Waals surface area contributed by atoms with E-state index in [4.69, 9.17) is 5.73 Å². The smallest absolute Gasteiger partial charge is 0.272 e. The average Bonchev–Trinajstić information content (AvgIpc) is 2.41. The largest absolute Gasteiger partial charge is 0.327 e. The van der Waals surface area contributed by atoms with Crippen molar-refractivity contribution in [1.82, 2.24) is 0 Å². The molecule has 110 valence electrons. The summed E-state index contributed by atoms with van der Waals surface area (Å²) in [6.45, 7) is 0. The van der Waals surface area contributed by atoms with Crippen LogP contribution in [0.5, 0.6) is 0 Å². The number of rotatable bonds is 5. The zero-order valence-electron chi connectivity index (χ0n) is 11.1. The number of benzene rings is 2. The molecule has 0 aliphatic heterocycles. The molecule has 2 N–H and O–H groups in total. The van der Waals surface area contributed by atoms with Crippen LogP contribution in [-0.2, 0) is 12.8 Å². The van der Waals surface area contributed by atoms with Gasteiger partial charge in [0, 0.05) is 17.7 Å². The van der Waals surface area contributed by atoms with Crippen molar-refractivity contribution in [2.75, 3.05) is 0 Å². The molecule has 0 spiro atoms. The summed E-state index contributed by atoms with van der Waals surface area (Å²) in [4.78, 5) is 10.3. The Bertz CT molecular complexity index is 662. The number of hydrogen-bond acceptors (Lipinski definition) is 3. The van der Waals surface area contributed by atoms with E-state index in [1.54, 1.807) is 18.2 Å². The lowest BCUT2D eigenvalue weighted by Crippen LogP contribution is -2.26. The van der Waals surface area contributed by atoms with E-state index in [0.717, 1.165) is 18.2 Å². The highest BCUT2D eigenvalue weighted by Crippen LogP contribution is 2.21. The predicted molar refractivity (Wildman–Crippen MR) is 74.8 cm³/mol. The highest BCUT2D eigenvalue weighted by molar-refractivity contribution is 5.41. The van der Waals surface area contributed by atoms with Crippen LogP contribution in [0, 0.1) is 21.7 Å². The molecule has 0 fully saturated rings. The molecular weight excluding hydrogens is 278 g/mol. The van der Waals surface area contributed by atoms with E-state index in [2.05, 4.69) is 0 Å². The van der Waals surface area contributed by atoms with Gasteiger partial charge < -0.3 is 5.73 Å². The van der Waals surface area contributed by atoms with Gasteiger partial charge in [0.15, 0.2) is 0 Å². The summed E-state index contributed by atoms with van der Waals surface area (Å²) >= 11 is 0. The standard InChI is InChI=1S/C15H14F2N2O2/c16-12-5-6-15(19(20)21)11(7-12)9-13(18)8-10-3-1-2-4-14(10)17/h1-7,13H,8-9,18H2. The maximum absolute atomic E-state index is 13.5. The Morgan fingerprint density at radius 2 is 1.76 bits per heavy atom. The van der Waals surface area contributed by atoms with Gasteiger partial charge in [0.05, 0.1) is 4.92 Å². The number of nitrogens with zero attached hydrogens (tertiary/aromatic N) is 1. The van der Waals surface area contributed by atoms with Gasteiger partial charge in [-0.05, 0) is 36.6 Å². The molecular formula is C15H14F2N2O2. The third-order valence-electron chi connectivity index (χ3n) is 3.16. The topological polar surface area (TPSA) is 69.2 Å². The van der Waals surface area contributed by atoms with E-state index < -0.39 is 16.8 Å². The first-order chi connectivity index (χ1) is 9.97. The van der Waals surface area contributed by atoms with Gasteiger partial charge in [-0.2, -0.15) is 0 Å². The van der Waals surface area contributed by atoms with Crippen molar-refractivity contribution in [3.8, 4) is 0 Å². The molecule has 0 radical (unpaired) electrons. The van der Waals surface area contributed by atoms with E-state index in [-0.39, 0.29) is 29.9 Å². The maximum Gasteiger partial charge on any atom is 0.272 e. The van der Waals surface area contributed by atoms with Crippen LogP contribution in [0.15, 0.2) is 42.5 Å². The third-order valence-corrected chi connectivity index (χ3v) is 3.16. The lowest BCUT2D eigenvalue weighted by atomic mass is 9.98. The van der Waals surface area contributed by atoms with Crippen molar-refractivity contribution < 1.29 is 13.7 Å². The Morgan fingerprint density at radius 3 is 2.43 bits per heavy atom. The Morgan fingerprint density at radius 1 is 1.10 bits per heavy atom. The van der Waals surface area contributed by atoms with Crippen LogP contribution in [0.4, 0.5) is 14.5 Å². The van der Waals surface area contributed by atoms with Crippen LogP contribution in [0.1, 0.15) is 11.1 Å². The molecule has 0 aromatic heterocycles. The lowest BCUT2D eigenvalue weighted by Gasteiger charge is -2.12. The van der Waals surface area contributed by atoms with Crippen LogP contribution in [0.2, 0.25) is 0 Å². The van der Waals surface area contributed by atoms with Gasteiger partial charge in [0.1, 0.15) is 11.6 Å². The summed E-state index contributed by atoms with van der Waals surface area (Å²) in [6.07, 6.45) is 0.322. The Hall–Kier alpha value is -2.34. The quantitative estimate of drug-likeness (QED) is 0.680. The van der Waals surface area contributed by atoms with Gasteiger partial charge in [0.25, 0.3) is 5.69 Å². The van der Waals surface area contributed by atoms with Crippen LogP contribution in [0.3, 0.4) is 0 Å². The molecule has 0 aliphatic rings. The summed E-state index contributed by atoms with van der Waals surface area (Å²) in [5.74, 6) is -0.935. The number of nitrogens with two attached hydrogens (primary N) is 1. The second-order valence-corrected chi connectivity index (χ2v) is 4.79. The Kier molecular flexibility index (Phi) is 4.59. The van der Waals surface area contributed by atoms with Crippen molar-refractivity contribution in [3.63, 3.8) is 0 Å². The number of halogens is 2. The van der Waals surface area contributed by atoms with Gasteiger partial charge in [-0.1, -0.05) is 18.2 Å². The molecule has 0 saturated heterocycles. The summed E-state index contributed by atoms with van der Waals surface area (Å²) in [5, 5.41) is 10.9. The third kappa shape index (κ3) is 3.82. The Labute approximate surface area is 120 Å². The number of nitro benzene ring substituents is 1.